The molecule has 1 heterocycles. The quantitative estimate of drug-likeness (QED) is 0.443. The molecule has 0 radical (unpaired) electrons. The molecule has 1 aliphatic rings. The fourth-order valence-corrected chi connectivity index (χ4v) is 3.73. The van der Waals surface area contributed by atoms with Gasteiger partial charge in [-0.3, -0.25) is 0 Å². The molecule has 1 aromatic heterocycles. The van der Waals surface area contributed by atoms with Gasteiger partial charge in [0.2, 0.25) is 0 Å². The van der Waals surface area contributed by atoms with Crippen LogP contribution in [0.3, 0.4) is 0 Å². The minimum Gasteiger partial charge on any atom is -0.235 e. The summed E-state index contributed by atoms with van der Waals surface area (Å²) < 4.78 is 0. The number of aromatic nitrogens is 2. The second kappa shape index (κ2) is 9.74. The van der Waals surface area contributed by atoms with Gasteiger partial charge in [-0.05, 0) is 55.9 Å². The Bertz CT molecular complexity index is 733. The zero-order valence-corrected chi connectivity index (χ0v) is 16.3. The molecule has 136 valence electrons. The third-order valence-electron chi connectivity index (χ3n) is 5.24. The van der Waals surface area contributed by atoms with E-state index in [-0.39, 0.29) is 0 Å². The Morgan fingerprint density at radius 1 is 1.00 bits per heavy atom. The summed E-state index contributed by atoms with van der Waals surface area (Å²) >= 11 is 5.92. The molecule has 2 nitrogen and oxygen atoms in total. The van der Waals surface area contributed by atoms with E-state index in [0.29, 0.717) is 11.7 Å². The van der Waals surface area contributed by atoms with Crippen LogP contribution in [-0.2, 0) is 0 Å². The van der Waals surface area contributed by atoms with Crippen molar-refractivity contribution in [1.29, 1.82) is 0 Å². The van der Waals surface area contributed by atoms with Crippen LogP contribution in [0.4, 0.5) is 0 Å². The molecule has 0 spiro atoms. The summed E-state index contributed by atoms with van der Waals surface area (Å²) in [5, 5.41) is 0.719. The Balaban J connectivity index is 1.52. The number of unbranched alkanes of at least 4 members (excludes halogenated alkanes) is 2. The highest BCUT2D eigenvalue weighted by Gasteiger charge is 2.19. The monoisotopic (exact) mass is 366 g/mol. The average Bonchev–Trinajstić information content (AvgIpc) is 2.69. The molecule has 3 heteroatoms. The van der Waals surface area contributed by atoms with Gasteiger partial charge < -0.3 is 0 Å². The molecular weight excluding hydrogens is 340 g/mol. The Kier molecular flexibility index (Phi) is 7.09. The molecule has 0 saturated heterocycles. The fourth-order valence-electron chi connectivity index (χ4n) is 3.60. The van der Waals surface area contributed by atoms with Crippen LogP contribution in [0.25, 0.3) is 11.4 Å². The van der Waals surface area contributed by atoms with E-state index in [1.54, 1.807) is 0 Å². The molecule has 1 aromatic carbocycles. The SMILES string of the molecule is CCCCC[C@H]1CC[C@H](C#Cc2cnc(-c3ccc(Cl)cc3)nc2)CC1. The van der Waals surface area contributed by atoms with Gasteiger partial charge in [-0.25, -0.2) is 9.97 Å². The maximum Gasteiger partial charge on any atom is 0.159 e. The highest BCUT2D eigenvalue weighted by Crippen LogP contribution is 2.31. The molecule has 1 fully saturated rings. The first-order valence-corrected chi connectivity index (χ1v) is 10.2. The van der Waals surface area contributed by atoms with Crippen LogP contribution >= 0.6 is 11.6 Å². The molecule has 2 aromatic rings. The highest BCUT2D eigenvalue weighted by atomic mass is 35.5. The van der Waals surface area contributed by atoms with E-state index in [9.17, 15) is 0 Å². The third-order valence-corrected chi connectivity index (χ3v) is 5.49. The standard InChI is InChI=1S/C23H27ClN2/c1-2-3-4-5-18-6-8-19(9-7-18)10-11-20-16-25-23(26-17-20)21-12-14-22(24)15-13-21/h12-19H,2-9H2,1H3/t18-,19-. The summed E-state index contributed by atoms with van der Waals surface area (Å²) in [6.45, 7) is 2.28. The minimum atomic E-state index is 0.536. The Hall–Kier alpha value is -1.85. The van der Waals surface area contributed by atoms with Gasteiger partial charge in [0.25, 0.3) is 0 Å². The average molecular weight is 367 g/mol. The predicted molar refractivity (Wildman–Crippen MR) is 109 cm³/mol. The first-order chi connectivity index (χ1) is 12.7. The van der Waals surface area contributed by atoms with Crippen LogP contribution in [0.5, 0.6) is 0 Å². The molecule has 0 atom stereocenters. The van der Waals surface area contributed by atoms with Crippen molar-refractivity contribution in [2.24, 2.45) is 11.8 Å². The number of hydrogen-bond acceptors (Lipinski definition) is 2. The molecule has 0 aliphatic heterocycles. The lowest BCUT2D eigenvalue weighted by molar-refractivity contribution is 0.294. The Morgan fingerprint density at radius 2 is 1.69 bits per heavy atom. The Labute approximate surface area is 162 Å². The van der Waals surface area contributed by atoms with Gasteiger partial charge in [0, 0.05) is 28.9 Å². The topological polar surface area (TPSA) is 25.8 Å². The number of nitrogens with zero attached hydrogens (tertiary/aromatic N) is 2. The molecule has 0 unspecified atom stereocenters. The van der Waals surface area contributed by atoms with E-state index in [0.717, 1.165) is 22.1 Å². The summed E-state index contributed by atoms with van der Waals surface area (Å²) in [6.07, 6.45) is 14.3. The van der Waals surface area contributed by atoms with Crippen LogP contribution in [-0.4, -0.2) is 9.97 Å². The molecule has 0 amide bonds. The van der Waals surface area contributed by atoms with Crippen molar-refractivity contribution in [3.63, 3.8) is 0 Å². The van der Waals surface area contributed by atoms with Crippen molar-refractivity contribution >= 4 is 11.6 Å². The second-order valence-corrected chi connectivity index (χ2v) is 7.72. The zero-order chi connectivity index (χ0) is 18.2. The number of hydrogen-bond donors (Lipinski definition) is 0. The van der Waals surface area contributed by atoms with Crippen molar-refractivity contribution in [3.05, 3.63) is 47.2 Å². The molecule has 0 bridgehead atoms. The summed E-state index contributed by atoms with van der Waals surface area (Å²) in [7, 11) is 0. The van der Waals surface area contributed by atoms with Gasteiger partial charge >= 0.3 is 0 Å². The fraction of sp³-hybridized carbons (Fsp3) is 0.478. The van der Waals surface area contributed by atoms with E-state index >= 15 is 0 Å². The second-order valence-electron chi connectivity index (χ2n) is 7.29. The van der Waals surface area contributed by atoms with Gasteiger partial charge in [-0.2, -0.15) is 0 Å². The molecule has 1 aliphatic carbocycles. The molecule has 1 saturated carbocycles. The lowest BCUT2D eigenvalue weighted by atomic mass is 9.80. The summed E-state index contributed by atoms with van der Waals surface area (Å²) in [6, 6.07) is 7.57. The minimum absolute atomic E-state index is 0.536. The first-order valence-electron chi connectivity index (χ1n) is 9.84. The van der Waals surface area contributed by atoms with Crippen LogP contribution < -0.4 is 0 Å². The van der Waals surface area contributed by atoms with Crippen LogP contribution in [0.2, 0.25) is 5.02 Å². The van der Waals surface area contributed by atoms with E-state index in [4.69, 9.17) is 11.6 Å². The molecule has 0 N–H and O–H groups in total. The van der Waals surface area contributed by atoms with Gasteiger partial charge in [0.1, 0.15) is 0 Å². The van der Waals surface area contributed by atoms with Gasteiger partial charge in [-0.1, -0.05) is 56.0 Å². The van der Waals surface area contributed by atoms with Crippen molar-refractivity contribution in [1.82, 2.24) is 9.97 Å². The van der Waals surface area contributed by atoms with Gasteiger partial charge in [0.15, 0.2) is 5.82 Å². The largest absolute Gasteiger partial charge is 0.235 e. The normalized spacial score (nSPS) is 19.6. The number of benzene rings is 1. The van der Waals surface area contributed by atoms with Gasteiger partial charge in [-0.15, -0.1) is 0 Å². The summed E-state index contributed by atoms with van der Waals surface area (Å²) in [5.74, 6) is 8.89. The van der Waals surface area contributed by atoms with Crippen molar-refractivity contribution in [2.75, 3.05) is 0 Å². The van der Waals surface area contributed by atoms with E-state index in [1.165, 1.54) is 51.4 Å². The maximum atomic E-state index is 5.92. The smallest absolute Gasteiger partial charge is 0.159 e. The van der Waals surface area contributed by atoms with E-state index in [2.05, 4.69) is 28.7 Å². The van der Waals surface area contributed by atoms with Crippen LogP contribution in [0.1, 0.15) is 63.9 Å². The van der Waals surface area contributed by atoms with Crippen LogP contribution in [0.15, 0.2) is 36.7 Å². The van der Waals surface area contributed by atoms with E-state index < -0.39 is 0 Å². The Morgan fingerprint density at radius 3 is 2.35 bits per heavy atom. The molecular formula is C23H27ClN2. The summed E-state index contributed by atoms with van der Waals surface area (Å²) in [5.41, 5.74) is 1.86. The molecule has 3 rings (SSSR count). The van der Waals surface area contributed by atoms with Crippen molar-refractivity contribution in [3.8, 4) is 23.2 Å². The number of halogens is 1. The third kappa shape index (κ3) is 5.58. The molecule has 26 heavy (non-hydrogen) atoms. The van der Waals surface area contributed by atoms with E-state index in [1.807, 2.05) is 36.7 Å². The zero-order valence-electron chi connectivity index (χ0n) is 15.5. The predicted octanol–water partition coefficient (Wildman–Crippen LogP) is 6.54. The maximum absolute atomic E-state index is 5.92. The first kappa shape index (κ1) is 18.9. The summed E-state index contributed by atoms with van der Waals surface area (Å²) in [4.78, 5) is 8.88. The lowest BCUT2D eigenvalue weighted by Gasteiger charge is -2.25. The number of rotatable bonds is 5. The highest BCUT2D eigenvalue weighted by molar-refractivity contribution is 6.30. The lowest BCUT2D eigenvalue weighted by Crippen LogP contribution is -2.13. The van der Waals surface area contributed by atoms with Crippen LogP contribution in [0, 0.1) is 23.7 Å². The van der Waals surface area contributed by atoms with Gasteiger partial charge in [0.05, 0.1) is 5.56 Å². The van der Waals surface area contributed by atoms with Crippen molar-refractivity contribution < 1.29 is 0 Å². The van der Waals surface area contributed by atoms with Crippen molar-refractivity contribution in [2.45, 2.75) is 58.3 Å².